The van der Waals surface area contributed by atoms with Crippen LogP contribution in [0.2, 0.25) is 0 Å². The monoisotopic (exact) mass is 882 g/mol. The lowest BCUT2D eigenvalue weighted by atomic mass is 9.97. The lowest BCUT2D eigenvalue weighted by molar-refractivity contribution is -0.123. The minimum atomic E-state index is -0.598. The average Bonchev–Trinajstić information content (AvgIpc) is 3.68. The van der Waals surface area contributed by atoms with Crippen molar-refractivity contribution >= 4 is 17.9 Å². The predicted molar refractivity (Wildman–Crippen MR) is 247 cm³/mol. The van der Waals surface area contributed by atoms with Gasteiger partial charge in [-0.1, -0.05) is 72.8 Å². The molecule has 65 heavy (non-hydrogen) atoms. The third kappa shape index (κ3) is 11.7. The number of carbonyl (C=O) groups is 3. The Morgan fingerprint density at radius 2 is 1.00 bits per heavy atom. The van der Waals surface area contributed by atoms with E-state index in [2.05, 4.69) is 40.2 Å². The van der Waals surface area contributed by atoms with E-state index in [9.17, 15) is 14.4 Å². The van der Waals surface area contributed by atoms with Crippen LogP contribution in [0, 0.1) is 0 Å². The number of rotatable bonds is 17. The number of benzene rings is 6. The van der Waals surface area contributed by atoms with Gasteiger partial charge in [-0.3, -0.25) is 9.59 Å². The summed E-state index contributed by atoms with van der Waals surface area (Å²) < 4.78 is 38.4. The normalized spacial score (nSPS) is 12.1. The molecule has 338 valence electrons. The highest BCUT2D eigenvalue weighted by atomic mass is 16.5. The van der Waals surface area contributed by atoms with Gasteiger partial charge in [0.1, 0.15) is 41.1 Å². The van der Waals surface area contributed by atoms with Crippen molar-refractivity contribution in [2.24, 2.45) is 5.73 Å². The number of nitrogens with two attached hydrogens (primary N) is 1. The molecule has 14 nitrogen and oxygen atoms in total. The van der Waals surface area contributed by atoms with Gasteiger partial charge >= 0.3 is 6.09 Å². The molecule has 1 aliphatic rings. The maximum Gasteiger partial charge on any atom is 0.407 e. The Bertz CT molecular complexity index is 2500. The van der Waals surface area contributed by atoms with Crippen molar-refractivity contribution in [3.05, 3.63) is 167 Å². The van der Waals surface area contributed by atoms with Gasteiger partial charge in [0.05, 0.1) is 40.5 Å². The quantitative estimate of drug-likeness (QED) is 0.0721. The summed E-state index contributed by atoms with van der Waals surface area (Å²) >= 11 is 0. The van der Waals surface area contributed by atoms with Crippen molar-refractivity contribution in [3.63, 3.8) is 0 Å². The van der Waals surface area contributed by atoms with Crippen LogP contribution in [0.5, 0.6) is 34.5 Å². The molecule has 2 unspecified atom stereocenters. The predicted octanol–water partition coefficient (Wildman–Crippen LogP) is 7.33. The number of hydrogen-bond acceptors (Lipinski definition) is 11. The van der Waals surface area contributed by atoms with Gasteiger partial charge in [-0.05, 0) is 81.9 Å². The number of hydrogen-bond donors (Lipinski definition) is 4. The summed E-state index contributed by atoms with van der Waals surface area (Å²) in [6.45, 7) is 0.0797. The molecule has 0 bridgehead atoms. The molecule has 0 aliphatic heterocycles. The standard InChI is InChI=1S/C33H32N2O6.C18H22N2O4/c1-34-31(36)20-40-22-14-12-21(13-15-22)32(28-17-16-23(38-2)18-30(28)39-3)35-33(37)41-19-29-26-10-6-4-8-24(26)25-9-5-7-11-27(25)29;1-20-17(21)11-24-13-6-4-12(5-7-13)18(19)15-9-8-14(22-2)10-16(15)23-3/h4-18,29,32H,19-20H2,1-3H3,(H,34,36)(H,35,37);4-10,18H,11,19H2,1-3H3,(H,20,21). The van der Waals surface area contributed by atoms with E-state index in [-0.39, 0.29) is 43.6 Å². The fraction of sp³-hybridized carbons (Fsp3) is 0.235. The number of alkyl carbamates (subject to hydrolysis) is 1. The molecular weight excluding hydrogens is 829 g/mol. The Labute approximate surface area is 378 Å². The molecule has 0 saturated carbocycles. The largest absolute Gasteiger partial charge is 0.497 e. The van der Waals surface area contributed by atoms with Gasteiger partial charge in [0.15, 0.2) is 13.2 Å². The molecule has 0 aromatic heterocycles. The van der Waals surface area contributed by atoms with Crippen LogP contribution in [0.1, 0.15) is 51.4 Å². The van der Waals surface area contributed by atoms with Gasteiger partial charge in [-0.2, -0.15) is 0 Å². The van der Waals surface area contributed by atoms with Gasteiger partial charge < -0.3 is 54.8 Å². The summed E-state index contributed by atoms with van der Waals surface area (Å²) in [6.07, 6.45) is -0.560. The van der Waals surface area contributed by atoms with E-state index in [0.29, 0.717) is 34.5 Å². The number of fused-ring (bicyclic) bond motifs is 3. The third-order valence-electron chi connectivity index (χ3n) is 10.9. The summed E-state index contributed by atoms with van der Waals surface area (Å²) in [6, 6.07) is 40.9. The van der Waals surface area contributed by atoms with Crippen molar-refractivity contribution in [1.29, 1.82) is 0 Å². The van der Waals surface area contributed by atoms with Crippen LogP contribution in [0.25, 0.3) is 11.1 Å². The number of likely N-dealkylation sites (N-methyl/N-ethyl adjacent to an activating group) is 2. The molecule has 0 heterocycles. The Kier molecular flexibility index (Phi) is 16.3. The highest BCUT2D eigenvalue weighted by Crippen LogP contribution is 2.44. The minimum Gasteiger partial charge on any atom is -0.497 e. The number of nitrogens with one attached hydrogen (secondary N) is 3. The molecule has 0 spiro atoms. The summed E-state index contributed by atoms with van der Waals surface area (Å²) in [4.78, 5) is 36.1. The smallest absolute Gasteiger partial charge is 0.407 e. The van der Waals surface area contributed by atoms with Crippen molar-refractivity contribution < 1.29 is 47.5 Å². The molecule has 7 rings (SSSR count). The summed E-state index contributed by atoms with van der Waals surface area (Å²) in [7, 11) is 9.47. The van der Waals surface area contributed by atoms with E-state index in [1.165, 1.54) is 0 Å². The van der Waals surface area contributed by atoms with Gasteiger partial charge in [0.2, 0.25) is 0 Å². The Morgan fingerprint density at radius 3 is 1.48 bits per heavy atom. The number of methoxy groups -OCH3 is 4. The highest BCUT2D eigenvalue weighted by Gasteiger charge is 2.30. The van der Waals surface area contributed by atoms with Crippen LogP contribution in [-0.2, 0) is 14.3 Å². The van der Waals surface area contributed by atoms with E-state index < -0.39 is 12.1 Å². The van der Waals surface area contributed by atoms with Gasteiger partial charge in [0, 0.05) is 43.3 Å². The molecule has 5 N–H and O–H groups in total. The Hall–Kier alpha value is -7.71. The first kappa shape index (κ1) is 46.8. The van der Waals surface area contributed by atoms with Gasteiger partial charge in [-0.25, -0.2) is 4.79 Å². The maximum atomic E-state index is 13.3. The second-order valence-corrected chi connectivity index (χ2v) is 14.7. The molecule has 2 atom stereocenters. The van der Waals surface area contributed by atoms with E-state index in [1.807, 2.05) is 72.8 Å². The fourth-order valence-corrected chi connectivity index (χ4v) is 7.38. The topological polar surface area (TPSA) is 178 Å². The molecule has 0 saturated heterocycles. The summed E-state index contributed by atoms with van der Waals surface area (Å²) in [5.74, 6) is 3.22. The lowest BCUT2D eigenvalue weighted by Gasteiger charge is -2.23. The Morgan fingerprint density at radius 1 is 0.554 bits per heavy atom. The number of amides is 3. The van der Waals surface area contributed by atoms with E-state index in [4.69, 9.17) is 38.9 Å². The van der Waals surface area contributed by atoms with Crippen LogP contribution in [0.15, 0.2) is 133 Å². The SMILES string of the molecule is CNC(=O)COc1ccc(C(N)c2ccc(OC)cc2OC)cc1.CNC(=O)COc1ccc(C(NC(=O)OCC2c3ccccc3-c3ccccc32)c2ccc(OC)cc2OC)cc1. The molecular formula is C51H54N4O10. The third-order valence-corrected chi connectivity index (χ3v) is 10.9. The average molecular weight is 883 g/mol. The summed E-state index contributed by atoms with van der Waals surface area (Å²) in [5.41, 5.74) is 14.2. The van der Waals surface area contributed by atoms with Crippen molar-refractivity contribution in [2.75, 3.05) is 62.4 Å². The molecule has 0 fully saturated rings. The van der Waals surface area contributed by atoms with Crippen LogP contribution in [0.3, 0.4) is 0 Å². The zero-order valence-corrected chi connectivity index (χ0v) is 37.2. The van der Waals surface area contributed by atoms with Crippen LogP contribution in [0.4, 0.5) is 4.79 Å². The lowest BCUT2D eigenvalue weighted by Crippen LogP contribution is -2.31. The molecule has 14 heteroatoms. The first-order chi connectivity index (χ1) is 31.6. The molecule has 6 aromatic carbocycles. The Balaban J connectivity index is 0.000000248. The zero-order chi connectivity index (χ0) is 46.3. The molecule has 1 aliphatic carbocycles. The molecule has 0 radical (unpaired) electrons. The second-order valence-electron chi connectivity index (χ2n) is 14.7. The fourth-order valence-electron chi connectivity index (χ4n) is 7.38. The van der Waals surface area contributed by atoms with E-state index in [1.54, 1.807) is 78.9 Å². The number of carbonyl (C=O) groups excluding carboxylic acids is 3. The van der Waals surface area contributed by atoms with E-state index >= 15 is 0 Å². The van der Waals surface area contributed by atoms with Crippen LogP contribution < -0.4 is 50.1 Å². The molecule has 3 amide bonds. The van der Waals surface area contributed by atoms with Crippen LogP contribution in [-0.4, -0.2) is 80.3 Å². The number of ether oxygens (including phenoxy) is 7. The van der Waals surface area contributed by atoms with Gasteiger partial charge in [-0.15, -0.1) is 0 Å². The zero-order valence-electron chi connectivity index (χ0n) is 37.2. The maximum absolute atomic E-state index is 13.3. The van der Waals surface area contributed by atoms with Crippen molar-refractivity contribution in [2.45, 2.75) is 18.0 Å². The molecule has 6 aromatic rings. The summed E-state index contributed by atoms with van der Waals surface area (Å²) in [5, 5.41) is 8.05. The van der Waals surface area contributed by atoms with E-state index in [0.717, 1.165) is 44.5 Å². The highest BCUT2D eigenvalue weighted by molar-refractivity contribution is 5.79. The van der Waals surface area contributed by atoms with Crippen molar-refractivity contribution in [1.82, 2.24) is 16.0 Å². The van der Waals surface area contributed by atoms with Gasteiger partial charge in [0.25, 0.3) is 11.8 Å². The van der Waals surface area contributed by atoms with Crippen molar-refractivity contribution in [3.8, 4) is 45.6 Å². The first-order valence-electron chi connectivity index (χ1n) is 20.8. The first-order valence-corrected chi connectivity index (χ1v) is 20.8. The second kappa shape index (κ2) is 22.6. The minimum absolute atomic E-state index is 0.0196. The van der Waals surface area contributed by atoms with Crippen LogP contribution >= 0.6 is 0 Å².